The molecule has 4 nitrogen and oxygen atoms in total. The molecule has 1 aliphatic carbocycles. The summed E-state index contributed by atoms with van der Waals surface area (Å²) >= 11 is 0. The van der Waals surface area contributed by atoms with E-state index in [-0.39, 0.29) is 23.4 Å². The Morgan fingerprint density at radius 1 is 1.18 bits per heavy atom. The molecule has 1 unspecified atom stereocenters. The lowest BCUT2D eigenvalue weighted by Gasteiger charge is -2.26. The molecular weight excluding hydrogens is 278 g/mol. The summed E-state index contributed by atoms with van der Waals surface area (Å²) in [5, 5.41) is 2.91. The van der Waals surface area contributed by atoms with Gasteiger partial charge in [0.05, 0.1) is 5.56 Å². The van der Waals surface area contributed by atoms with Crippen LogP contribution in [0.5, 0.6) is 0 Å². The molecule has 1 aromatic carbocycles. The van der Waals surface area contributed by atoms with Crippen LogP contribution in [0, 0.1) is 11.3 Å². The zero-order valence-corrected chi connectivity index (χ0v) is 13.8. The molecule has 120 valence electrons. The second kappa shape index (κ2) is 6.51. The Kier molecular flexibility index (Phi) is 4.89. The van der Waals surface area contributed by atoms with Gasteiger partial charge in [-0.15, -0.1) is 0 Å². The second-order valence-corrected chi connectivity index (χ2v) is 7.14. The first kappa shape index (κ1) is 16.5. The van der Waals surface area contributed by atoms with E-state index in [2.05, 4.69) is 5.32 Å². The predicted octanol–water partition coefficient (Wildman–Crippen LogP) is 3.42. The molecule has 1 atom stereocenters. The molecule has 0 spiro atoms. The van der Waals surface area contributed by atoms with Crippen LogP contribution in [0.15, 0.2) is 24.3 Å². The highest BCUT2D eigenvalue weighted by molar-refractivity contribution is 5.96. The molecule has 22 heavy (non-hydrogen) atoms. The maximum atomic E-state index is 12.1. The van der Waals surface area contributed by atoms with Gasteiger partial charge in [-0.05, 0) is 55.4 Å². The summed E-state index contributed by atoms with van der Waals surface area (Å²) in [7, 11) is 0. The Morgan fingerprint density at radius 2 is 1.73 bits per heavy atom. The van der Waals surface area contributed by atoms with E-state index >= 15 is 0 Å². The summed E-state index contributed by atoms with van der Waals surface area (Å²) in [5.74, 6) is 0.208. The number of nitrogens with one attached hydrogen (secondary N) is 1. The summed E-state index contributed by atoms with van der Waals surface area (Å²) in [6, 6.07) is 6.62. The maximum Gasteiger partial charge on any atom is 0.338 e. The third kappa shape index (κ3) is 4.58. The first-order valence-electron chi connectivity index (χ1n) is 7.86. The van der Waals surface area contributed by atoms with Gasteiger partial charge in [-0.1, -0.05) is 20.8 Å². The quantitative estimate of drug-likeness (QED) is 0.848. The number of rotatable bonds is 5. The fourth-order valence-electron chi connectivity index (χ4n) is 1.82. The standard InChI is InChI=1S/C18H25NO3/c1-12(18(2,3)4)22-17(21)15-9-7-14(8-10-15)16(20)19-11-13-5-6-13/h7-10,12-13H,5-6,11H2,1-4H3,(H,19,20). The van der Waals surface area contributed by atoms with Crippen molar-refractivity contribution in [2.75, 3.05) is 6.54 Å². The van der Waals surface area contributed by atoms with Crippen molar-refractivity contribution in [2.45, 2.75) is 46.6 Å². The second-order valence-electron chi connectivity index (χ2n) is 7.14. The lowest BCUT2D eigenvalue weighted by atomic mass is 9.90. The molecule has 1 aromatic rings. The van der Waals surface area contributed by atoms with Crippen LogP contribution in [0.3, 0.4) is 0 Å². The van der Waals surface area contributed by atoms with Gasteiger partial charge in [-0.2, -0.15) is 0 Å². The van der Waals surface area contributed by atoms with Crippen LogP contribution in [0.4, 0.5) is 0 Å². The van der Waals surface area contributed by atoms with Crippen LogP contribution in [0.25, 0.3) is 0 Å². The average molecular weight is 303 g/mol. The molecular formula is C18H25NO3. The van der Waals surface area contributed by atoms with Gasteiger partial charge in [0, 0.05) is 12.1 Å². The van der Waals surface area contributed by atoms with Gasteiger partial charge in [-0.25, -0.2) is 4.79 Å². The highest BCUT2D eigenvalue weighted by Gasteiger charge is 2.24. The van der Waals surface area contributed by atoms with Gasteiger partial charge in [0.25, 0.3) is 5.91 Å². The van der Waals surface area contributed by atoms with E-state index < -0.39 is 0 Å². The number of hydrogen-bond donors (Lipinski definition) is 1. The molecule has 0 aliphatic heterocycles. The molecule has 1 N–H and O–H groups in total. The molecule has 1 saturated carbocycles. The van der Waals surface area contributed by atoms with Gasteiger partial charge in [0.2, 0.25) is 0 Å². The van der Waals surface area contributed by atoms with Crippen LogP contribution in [-0.4, -0.2) is 24.5 Å². The summed E-state index contributed by atoms with van der Waals surface area (Å²) < 4.78 is 5.45. The summed E-state index contributed by atoms with van der Waals surface area (Å²) in [5.41, 5.74) is 0.939. The number of esters is 1. The molecule has 0 saturated heterocycles. The minimum atomic E-state index is -0.354. The molecule has 4 heteroatoms. The van der Waals surface area contributed by atoms with Crippen molar-refractivity contribution < 1.29 is 14.3 Å². The van der Waals surface area contributed by atoms with Gasteiger partial charge < -0.3 is 10.1 Å². The van der Waals surface area contributed by atoms with E-state index in [0.717, 1.165) is 6.54 Å². The van der Waals surface area contributed by atoms with Crippen molar-refractivity contribution in [3.8, 4) is 0 Å². The average Bonchev–Trinajstić information content (AvgIpc) is 3.28. The van der Waals surface area contributed by atoms with E-state index in [1.54, 1.807) is 24.3 Å². The van der Waals surface area contributed by atoms with Crippen molar-refractivity contribution in [2.24, 2.45) is 11.3 Å². The SMILES string of the molecule is CC(OC(=O)c1ccc(C(=O)NCC2CC2)cc1)C(C)(C)C. The Hall–Kier alpha value is -1.84. The number of amides is 1. The number of ether oxygens (including phenoxy) is 1. The fraction of sp³-hybridized carbons (Fsp3) is 0.556. The molecule has 0 heterocycles. The van der Waals surface area contributed by atoms with Crippen LogP contribution in [0.2, 0.25) is 0 Å². The van der Waals surface area contributed by atoms with E-state index in [4.69, 9.17) is 4.74 Å². The number of benzene rings is 1. The topological polar surface area (TPSA) is 55.4 Å². The third-order valence-corrected chi connectivity index (χ3v) is 4.13. The Labute approximate surface area is 132 Å². The van der Waals surface area contributed by atoms with Crippen molar-refractivity contribution in [1.29, 1.82) is 0 Å². The molecule has 1 fully saturated rings. The lowest BCUT2D eigenvalue weighted by Crippen LogP contribution is -2.28. The highest BCUT2D eigenvalue weighted by Crippen LogP contribution is 2.27. The Bertz CT molecular complexity index is 538. The summed E-state index contributed by atoms with van der Waals surface area (Å²) in [6.07, 6.45) is 2.23. The Balaban J connectivity index is 1.92. The van der Waals surface area contributed by atoms with Crippen LogP contribution < -0.4 is 5.32 Å². The summed E-state index contributed by atoms with van der Waals surface area (Å²) in [4.78, 5) is 24.0. The number of carbonyl (C=O) groups is 2. The largest absolute Gasteiger partial charge is 0.459 e. The molecule has 1 aliphatic rings. The third-order valence-electron chi connectivity index (χ3n) is 4.13. The zero-order chi connectivity index (χ0) is 16.3. The van der Waals surface area contributed by atoms with Crippen LogP contribution in [0.1, 0.15) is 61.3 Å². The maximum absolute atomic E-state index is 12.1. The van der Waals surface area contributed by atoms with Crippen molar-refractivity contribution in [1.82, 2.24) is 5.32 Å². The van der Waals surface area contributed by atoms with E-state index in [1.165, 1.54) is 12.8 Å². The molecule has 0 radical (unpaired) electrons. The number of carbonyl (C=O) groups excluding carboxylic acids is 2. The molecule has 1 amide bonds. The first-order valence-corrected chi connectivity index (χ1v) is 7.86. The zero-order valence-electron chi connectivity index (χ0n) is 13.8. The normalized spacial score (nSPS) is 16.0. The van der Waals surface area contributed by atoms with E-state index in [9.17, 15) is 9.59 Å². The predicted molar refractivity (Wildman–Crippen MR) is 85.8 cm³/mol. The van der Waals surface area contributed by atoms with E-state index in [1.807, 2.05) is 27.7 Å². The van der Waals surface area contributed by atoms with E-state index in [0.29, 0.717) is 17.0 Å². The molecule has 0 aromatic heterocycles. The summed E-state index contributed by atoms with van der Waals surface area (Å²) in [6.45, 7) is 8.71. The Morgan fingerprint density at radius 3 is 2.23 bits per heavy atom. The van der Waals surface area contributed by atoms with Gasteiger partial charge in [0.15, 0.2) is 0 Å². The molecule has 0 bridgehead atoms. The minimum Gasteiger partial charge on any atom is -0.459 e. The van der Waals surface area contributed by atoms with Crippen LogP contribution in [-0.2, 0) is 4.74 Å². The van der Waals surface area contributed by atoms with Crippen LogP contribution >= 0.6 is 0 Å². The lowest BCUT2D eigenvalue weighted by molar-refractivity contribution is 0.00479. The van der Waals surface area contributed by atoms with Gasteiger partial charge >= 0.3 is 5.97 Å². The van der Waals surface area contributed by atoms with Crippen molar-refractivity contribution in [3.05, 3.63) is 35.4 Å². The monoisotopic (exact) mass is 303 g/mol. The number of hydrogen-bond acceptors (Lipinski definition) is 3. The molecule has 2 rings (SSSR count). The fourth-order valence-corrected chi connectivity index (χ4v) is 1.82. The highest BCUT2D eigenvalue weighted by atomic mass is 16.5. The van der Waals surface area contributed by atoms with Gasteiger partial charge in [-0.3, -0.25) is 4.79 Å². The van der Waals surface area contributed by atoms with Crippen molar-refractivity contribution in [3.63, 3.8) is 0 Å². The first-order chi connectivity index (χ1) is 10.3. The van der Waals surface area contributed by atoms with Gasteiger partial charge in [0.1, 0.15) is 6.10 Å². The minimum absolute atomic E-state index is 0.0881. The smallest absolute Gasteiger partial charge is 0.338 e. The van der Waals surface area contributed by atoms with Crippen molar-refractivity contribution >= 4 is 11.9 Å².